The minimum atomic E-state index is -0.211. The highest BCUT2D eigenvalue weighted by molar-refractivity contribution is 9.09. The van der Waals surface area contributed by atoms with Crippen molar-refractivity contribution >= 4 is 15.9 Å². The second kappa shape index (κ2) is 7.11. The Balaban J connectivity index is 3.10. The van der Waals surface area contributed by atoms with E-state index in [0.29, 0.717) is 4.83 Å². The van der Waals surface area contributed by atoms with Gasteiger partial charge in [-0.25, -0.2) is 0 Å². The highest BCUT2D eigenvalue weighted by Gasteiger charge is 2.08. The van der Waals surface area contributed by atoms with Gasteiger partial charge in [0.05, 0.1) is 6.10 Å². The number of hydrogen-bond donors (Lipinski definition) is 1. The van der Waals surface area contributed by atoms with E-state index in [1.165, 1.54) is 25.7 Å². The van der Waals surface area contributed by atoms with Gasteiger partial charge in [-0.15, -0.1) is 0 Å². The molecule has 0 radical (unpaired) electrons. The van der Waals surface area contributed by atoms with E-state index in [-0.39, 0.29) is 6.10 Å². The molecule has 0 aliphatic rings. The molecule has 2 unspecified atom stereocenters. The van der Waals surface area contributed by atoms with E-state index in [2.05, 4.69) is 22.9 Å². The number of aliphatic hydroxyl groups excluding tert-OH is 1. The van der Waals surface area contributed by atoms with Crippen molar-refractivity contribution in [2.45, 2.75) is 56.9 Å². The normalized spacial score (nSPS) is 16.4. The maximum absolute atomic E-state index is 9.13. The molecule has 2 heteroatoms. The summed E-state index contributed by atoms with van der Waals surface area (Å²) in [5, 5.41) is 9.13. The van der Waals surface area contributed by atoms with E-state index >= 15 is 0 Å². The third-order valence-corrected chi connectivity index (χ3v) is 3.08. The number of hydrogen-bond acceptors (Lipinski definition) is 1. The number of aliphatic hydroxyl groups is 1. The Kier molecular flexibility index (Phi) is 7.39. The van der Waals surface area contributed by atoms with Crippen LogP contribution in [0, 0.1) is 0 Å². The van der Waals surface area contributed by atoms with Gasteiger partial charge in [-0.2, -0.15) is 0 Å². The fourth-order valence-corrected chi connectivity index (χ4v) is 1.33. The zero-order valence-corrected chi connectivity index (χ0v) is 9.10. The summed E-state index contributed by atoms with van der Waals surface area (Å²) in [5.41, 5.74) is 0. The summed E-state index contributed by atoms with van der Waals surface area (Å²) in [6, 6.07) is 0. The first-order valence-electron chi connectivity index (χ1n) is 4.50. The molecular formula is C9H19BrO. The van der Waals surface area contributed by atoms with Crippen molar-refractivity contribution in [2.24, 2.45) is 0 Å². The van der Waals surface area contributed by atoms with Gasteiger partial charge in [0.1, 0.15) is 0 Å². The molecule has 0 aliphatic carbocycles. The predicted molar refractivity (Wildman–Crippen MR) is 53.2 cm³/mol. The SMILES string of the molecule is CCCCCCC(Br)C(C)O. The zero-order valence-electron chi connectivity index (χ0n) is 7.52. The second-order valence-corrected chi connectivity index (χ2v) is 4.28. The number of unbranched alkanes of at least 4 members (excludes halogenated alkanes) is 3. The van der Waals surface area contributed by atoms with Crippen LogP contribution in [0.1, 0.15) is 46.0 Å². The monoisotopic (exact) mass is 222 g/mol. The highest BCUT2D eigenvalue weighted by atomic mass is 79.9. The molecule has 0 aromatic heterocycles. The molecule has 0 heterocycles. The number of alkyl halides is 1. The first kappa shape index (κ1) is 11.4. The summed E-state index contributed by atoms with van der Waals surface area (Å²) < 4.78 is 0. The molecule has 0 rings (SSSR count). The molecule has 0 saturated heterocycles. The fraction of sp³-hybridized carbons (Fsp3) is 1.00. The summed E-state index contributed by atoms with van der Waals surface area (Å²) in [7, 11) is 0. The maximum atomic E-state index is 9.13. The van der Waals surface area contributed by atoms with E-state index < -0.39 is 0 Å². The van der Waals surface area contributed by atoms with E-state index in [0.717, 1.165) is 6.42 Å². The summed E-state index contributed by atoms with van der Waals surface area (Å²) in [4.78, 5) is 0.291. The van der Waals surface area contributed by atoms with Gasteiger partial charge in [0, 0.05) is 4.83 Å². The summed E-state index contributed by atoms with van der Waals surface area (Å²) >= 11 is 3.44. The van der Waals surface area contributed by atoms with Crippen LogP contribution in [0.3, 0.4) is 0 Å². The molecule has 0 amide bonds. The van der Waals surface area contributed by atoms with Crippen LogP contribution in [0.25, 0.3) is 0 Å². The zero-order chi connectivity index (χ0) is 8.69. The number of rotatable bonds is 6. The Morgan fingerprint density at radius 2 is 1.91 bits per heavy atom. The van der Waals surface area contributed by atoms with Crippen LogP contribution in [0.2, 0.25) is 0 Å². The van der Waals surface area contributed by atoms with Gasteiger partial charge in [-0.05, 0) is 13.3 Å². The van der Waals surface area contributed by atoms with E-state index in [9.17, 15) is 0 Å². The number of halogens is 1. The molecule has 68 valence electrons. The van der Waals surface area contributed by atoms with Gasteiger partial charge >= 0.3 is 0 Å². The summed E-state index contributed by atoms with van der Waals surface area (Å²) in [6.07, 6.45) is 6.01. The van der Waals surface area contributed by atoms with Crippen molar-refractivity contribution in [2.75, 3.05) is 0 Å². The molecule has 0 fully saturated rings. The van der Waals surface area contributed by atoms with Crippen LogP contribution in [0.5, 0.6) is 0 Å². The molecule has 0 aromatic rings. The Morgan fingerprint density at radius 3 is 2.36 bits per heavy atom. The molecule has 11 heavy (non-hydrogen) atoms. The minimum Gasteiger partial charge on any atom is -0.392 e. The van der Waals surface area contributed by atoms with Crippen LogP contribution in [0.15, 0.2) is 0 Å². The molecule has 0 aromatic carbocycles. The molecule has 0 aliphatic heterocycles. The third kappa shape index (κ3) is 6.82. The lowest BCUT2D eigenvalue weighted by atomic mass is 10.1. The average Bonchev–Trinajstić information content (AvgIpc) is 1.97. The van der Waals surface area contributed by atoms with Crippen LogP contribution >= 0.6 is 15.9 Å². The smallest absolute Gasteiger partial charge is 0.0637 e. The third-order valence-electron chi connectivity index (χ3n) is 1.86. The molecule has 0 spiro atoms. The topological polar surface area (TPSA) is 20.2 Å². The highest BCUT2D eigenvalue weighted by Crippen LogP contribution is 2.14. The molecule has 1 N–H and O–H groups in total. The van der Waals surface area contributed by atoms with E-state index in [1.807, 2.05) is 6.92 Å². The van der Waals surface area contributed by atoms with Crippen molar-refractivity contribution in [3.05, 3.63) is 0 Å². The summed E-state index contributed by atoms with van der Waals surface area (Å²) in [5.74, 6) is 0. The second-order valence-electron chi connectivity index (χ2n) is 3.11. The fourth-order valence-electron chi connectivity index (χ4n) is 1.01. The van der Waals surface area contributed by atoms with Gasteiger partial charge in [-0.3, -0.25) is 0 Å². The Bertz CT molecular complexity index is 83.6. The largest absolute Gasteiger partial charge is 0.392 e. The van der Waals surface area contributed by atoms with Gasteiger partial charge in [0.2, 0.25) is 0 Å². The molecule has 1 nitrogen and oxygen atoms in total. The van der Waals surface area contributed by atoms with E-state index in [1.54, 1.807) is 0 Å². The van der Waals surface area contributed by atoms with E-state index in [4.69, 9.17) is 5.11 Å². The van der Waals surface area contributed by atoms with Crippen LogP contribution in [-0.2, 0) is 0 Å². The lowest BCUT2D eigenvalue weighted by Crippen LogP contribution is -2.15. The quantitative estimate of drug-likeness (QED) is 0.541. The average molecular weight is 223 g/mol. The molecule has 0 saturated carbocycles. The van der Waals surface area contributed by atoms with Crippen molar-refractivity contribution in [3.63, 3.8) is 0 Å². The Labute approximate surface area is 78.3 Å². The van der Waals surface area contributed by atoms with Crippen molar-refractivity contribution in [1.29, 1.82) is 0 Å². The Morgan fingerprint density at radius 1 is 1.27 bits per heavy atom. The van der Waals surface area contributed by atoms with Crippen LogP contribution < -0.4 is 0 Å². The van der Waals surface area contributed by atoms with Crippen molar-refractivity contribution in [1.82, 2.24) is 0 Å². The van der Waals surface area contributed by atoms with Crippen LogP contribution in [-0.4, -0.2) is 16.0 Å². The van der Waals surface area contributed by atoms with Gasteiger partial charge in [-0.1, -0.05) is 48.5 Å². The predicted octanol–water partition coefficient (Wildman–Crippen LogP) is 3.10. The van der Waals surface area contributed by atoms with Gasteiger partial charge in [0.25, 0.3) is 0 Å². The lowest BCUT2D eigenvalue weighted by molar-refractivity contribution is 0.189. The molecule has 2 atom stereocenters. The molecular weight excluding hydrogens is 204 g/mol. The van der Waals surface area contributed by atoms with Gasteiger partial charge in [0.15, 0.2) is 0 Å². The summed E-state index contributed by atoms with van der Waals surface area (Å²) in [6.45, 7) is 4.04. The molecule has 0 bridgehead atoms. The van der Waals surface area contributed by atoms with Crippen molar-refractivity contribution < 1.29 is 5.11 Å². The van der Waals surface area contributed by atoms with Gasteiger partial charge < -0.3 is 5.11 Å². The lowest BCUT2D eigenvalue weighted by Gasteiger charge is -2.11. The first-order chi connectivity index (χ1) is 5.18. The first-order valence-corrected chi connectivity index (χ1v) is 5.42. The van der Waals surface area contributed by atoms with Crippen LogP contribution in [0.4, 0.5) is 0 Å². The minimum absolute atomic E-state index is 0.211. The Hall–Kier alpha value is 0.440. The maximum Gasteiger partial charge on any atom is 0.0637 e. The standard InChI is InChI=1S/C9H19BrO/c1-3-4-5-6-7-9(10)8(2)11/h8-9,11H,3-7H2,1-2H3. The van der Waals surface area contributed by atoms with Crippen molar-refractivity contribution in [3.8, 4) is 0 Å².